The molecule has 0 radical (unpaired) electrons. The van der Waals surface area contributed by atoms with Crippen LogP contribution in [0.15, 0.2) is 34.9 Å². The van der Waals surface area contributed by atoms with E-state index in [9.17, 15) is 9.59 Å². The van der Waals surface area contributed by atoms with Gasteiger partial charge in [-0.05, 0) is 86.5 Å². The van der Waals surface area contributed by atoms with Gasteiger partial charge in [0, 0.05) is 24.1 Å². The maximum absolute atomic E-state index is 13.6. The van der Waals surface area contributed by atoms with Crippen LogP contribution in [-0.2, 0) is 16.1 Å². The number of carbonyl (C=O) groups is 2. The maximum atomic E-state index is 13.6. The Kier molecular flexibility index (Phi) is 6.36. The lowest BCUT2D eigenvalue weighted by Crippen LogP contribution is -2.58. The smallest absolute Gasteiger partial charge is 0.245 e. The van der Waals surface area contributed by atoms with Crippen molar-refractivity contribution in [3.63, 3.8) is 0 Å². The molecule has 4 bridgehead atoms. The Bertz CT molecular complexity index is 1040. The summed E-state index contributed by atoms with van der Waals surface area (Å²) in [4.78, 5) is 28.6. The van der Waals surface area contributed by atoms with Crippen LogP contribution in [0.5, 0.6) is 5.75 Å². The van der Waals surface area contributed by atoms with Crippen molar-refractivity contribution in [2.75, 3.05) is 14.2 Å². The van der Waals surface area contributed by atoms with Gasteiger partial charge in [0.2, 0.25) is 11.8 Å². The zero-order valence-corrected chi connectivity index (χ0v) is 21.3. The molecule has 35 heavy (non-hydrogen) atoms. The van der Waals surface area contributed by atoms with Crippen LogP contribution in [0, 0.1) is 29.1 Å². The van der Waals surface area contributed by atoms with Gasteiger partial charge < -0.3 is 19.5 Å². The first-order valence-corrected chi connectivity index (χ1v) is 12.9. The highest BCUT2D eigenvalue weighted by Gasteiger charge is 2.55. The first kappa shape index (κ1) is 23.9. The lowest BCUT2D eigenvalue weighted by atomic mass is 9.49. The fourth-order valence-corrected chi connectivity index (χ4v) is 7.03. The molecule has 188 valence electrons. The third kappa shape index (κ3) is 4.69. The fraction of sp³-hybridized carbons (Fsp3) is 0.607. The Hall–Kier alpha value is -2.83. The molecular weight excluding hydrogens is 442 g/mol. The van der Waals surface area contributed by atoms with Crippen molar-refractivity contribution in [3.05, 3.63) is 36.1 Å². The van der Waals surface area contributed by atoms with E-state index in [4.69, 9.17) is 9.26 Å². The van der Waals surface area contributed by atoms with Gasteiger partial charge in [-0.3, -0.25) is 9.59 Å². The Morgan fingerprint density at radius 2 is 1.71 bits per heavy atom. The van der Waals surface area contributed by atoms with Crippen molar-refractivity contribution in [3.8, 4) is 17.0 Å². The van der Waals surface area contributed by atoms with E-state index in [0.717, 1.165) is 30.6 Å². The topological polar surface area (TPSA) is 84.7 Å². The van der Waals surface area contributed by atoms with Crippen LogP contribution >= 0.6 is 0 Å². The average Bonchev–Trinajstić information content (AvgIpc) is 3.29. The van der Waals surface area contributed by atoms with Crippen molar-refractivity contribution < 1.29 is 18.8 Å². The van der Waals surface area contributed by atoms with E-state index < -0.39 is 6.04 Å². The SMILES string of the molecule is COc1ccc(-c2cc(CN(C)C(=O)C(NC(=O)C34CC5CC(CC(C5)C3)C4)C(C)C)on2)cc1. The molecule has 1 aromatic carbocycles. The number of benzene rings is 1. The second-order valence-corrected chi connectivity index (χ2v) is 11.5. The number of amides is 2. The second kappa shape index (κ2) is 9.32. The number of nitrogens with zero attached hydrogens (tertiary/aromatic N) is 2. The van der Waals surface area contributed by atoms with Gasteiger partial charge in [-0.2, -0.15) is 0 Å². The molecule has 4 aliphatic rings. The van der Waals surface area contributed by atoms with Crippen molar-refractivity contribution in [1.29, 1.82) is 0 Å². The Labute approximate surface area is 207 Å². The molecule has 1 N–H and O–H groups in total. The van der Waals surface area contributed by atoms with Gasteiger partial charge in [0.05, 0.1) is 13.7 Å². The number of nitrogens with one attached hydrogen (secondary N) is 1. The molecule has 1 atom stereocenters. The van der Waals surface area contributed by atoms with Crippen molar-refractivity contribution in [2.45, 2.75) is 65.0 Å². The molecule has 4 aliphatic carbocycles. The molecule has 7 nitrogen and oxygen atoms in total. The number of likely N-dealkylation sites (N-methyl/N-ethyl adjacent to an activating group) is 1. The summed E-state index contributed by atoms with van der Waals surface area (Å²) < 4.78 is 10.7. The highest BCUT2D eigenvalue weighted by atomic mass is 16.5. The predicted molar refractivity (Wildman–Crippen MR) is 132 cm³/mol. The molecule has 1 aromatic heterocycles. The van der Waals surface area contributed by atoms with Crippen LogP contribution in [0.4, 0.5) is 0 Å². The number of ether oxygens (including phenoxy) is 1. The molecular formula is C28H37N3O4. The molecule has 2 amide bonds. The van der Waals surface area contributed by atoms with Crippen molar-refractivity contribution in [2.24, 2.45) is 29.1 Å². The molecule has 4 saturated carbocycles. The van der Waals surface area contributed by atoms with Crippen LogP contribution in [0.3, 0.4) is 0 Å². The Morgan fingerprint density at radius 3 is 2.26 bits per heavy atom. The van der Waals surface area contributed by atoms with Crippen LogP contribution in [0.1, 0.15) is 58.1 Å². The molecule has 1 heterocycles. The lowest BCUT2D eigenvalue weighted by Gasteiger charge is -2.56. The number of hydrogen-bond acceptors (Lipinski definition) is 5. The van der Waals surface area contributed by atoms with Crippen LogP contribution in [-0.4, -0.2) is 42.1 Å². The van der Waals surface area contributed by atoms with Crippen molar-refractivity contribution in [1.82, 2.24) is 15.4 Å². The van der Waals surface area contributed by atoms with Crippen LogP contribution in [0.2, 0.25) is 0 Å². The van der Waals surface area contributed by atoms with Gasteiger partial charge in [0.1, 0.15) is 17.5 Å². The predicted octanol–water partition coefficient (Wildman–Crippen LogP) is 4.67. The number of methoxy groups -OCH3 is 1. The summed E-state index contributed by atoms with van der Waals surface area (Å²) in [5.74, 6) is 3.43. The van der Waals surface area contributed by atoms with E-state index in [1.165, 1.54) is 19.3 Å². The van der Waals surface area contributed by atoms with E-state index in [2.05, 4.69) is 10.5 Å². The monoisotopic (exact) mass is 479 g/mol. The van der Waals surface area contributed by atoms with E-state index in [0.29, 0.717) is 35.8 Å². The quantitative estimate of drug-likeness (QED) is 0.595. The molecule has 6 rings (SSSR count). The third-order valence-electron chi connectivity index (χ3n) is 8.45. The van der Waals surface area contributed by atoms with Gasteiger partial charge in [0.15, 0.2) is 5.76 Å². The summed E-state index contributed by atoms with van der Waals surface area (Å²) in [5.41, 5.74) is 1.36. The van der Waals surface area contributed by atoms with Crippen LogP contribution < -0.4 is 10.1 Å². The minimum absolute atomic E-state index is 0.00704. The van der Waals surface area contributed by atoms with E-state index in [1.807, 2.05) is 44.2 Å². The van der Waals surface area contributed by atoms with E-state index >= 15 is 0 Å². The highest BCUT2D eigenvalue weighted by molar-refractivity contribution is 5.90. The number of aromatic nitrogens is 1. The second-order valence-electron chi connectivity index (χ2n) is 11.5. The van der Waals surface area contributed by atoms with Gasteiger partial charge in [0.25, 0.3) is 0 Å². The maximum Gasteiger partial charge on any atom is 0.245 e. The number of hydrogen-bond donors (Lipinski definition) is 1. The Morgan fingerprint density at radius 1 is 1.11 bits per heavy atom. The zero-order valence-electron chi connectivity index (χ0n) is 21.3. The third-order valence-corrected chi connectivity index (χ3v) is 8.45. The first-order chi connectivity index (χ1) is 16.8. The standard InChI is InChI=1S/C28H37N3O4/c1-17(2)25(29-27(33)28-13-18-9-19(14-28)11-20(10-18)15-28)26(32)31(3)16-23-12-24(30-35-23)21-5-7-22(34-4)8-6-21/h5-8,12,17-20,25H,9-11,13-16H2,1-4H3,(H,29,33). The highest BCUT2D eigenvalue weighted by Crippen LogP contribution is 2.60. The Balaban J connectivity index is 1.24. The van der Waals surface area contributed by atoms with Gasteiger partial charge >= 0.3 is 0 Å². The van der Waals surface area contributed by atoms with Crippen molar-refractivity contribution >= 4 is 11.8 Å². The van der Waals surface area contributed by atoms with Crippen LogP contribution in [0.25, 0.3) is 11.3 Å². The fourth-order valence-electron chi connectivity index (χ4n) is 7.03. The minimum atomic E-state index is -0.551. The summed E-state index contributed by atoms with van der Waals surface area (Å²) in [6, 6.07) is 8.89. The summed E-state index contributed by atoms with van der Waals surface area (Å²) in [6.07, 6.45) is 6.84. The van der Waals surface area contributed by atoms with Gasteiger partial charge in [-0.25, -0.2) is 0 Å². The van der Waals surface area contributed by atoms with Gasteiger partial charge in [-0.1, -0.05) is 19.0 Å². The molecule has 0 spiro atoms. The molecule has 1 unspecified atom stereocenters. The molecule has 4 fully saturated rings. The molecule has 0 aliphatic heterocycles. The summed E-state index contributed by atoms with van der Waals surface area (Å²) in [6.45, 7) is 4.28. The van der Waals surface area contributed by atoms with E-state index in [-0.39, 0.29) is 23.1 Å². The normalized spacial score (nSPS) is 27.6. The number of carbonyl (C=O) groups excluding carboxylic acids is 2. The molecule has 2 aromatic rings. The number of rotatable bonds is 8. The zero-order chi connectivity index (χ0) is 24.7. The average molecular weight is 480 g/mol. The minimum Gasteiger partial charge on any atom is -0.497 e. The molecule has 0 saturated heterocycles. The summed E-state index contributed by atoms with van der Waals surface area (Å²) in [7, 11) is 3.39. The lowest BCUT2D eigenvalue weighted by molar-refractivity contribution is -0.150. The first-order valence-electron chi connectivity index (χ1n) is 12.9. The van der Waals surface area contributed by atoms with Gasteiger partial charge in [-0.15, -0.1) is 0 Å². The summed E-state index contributed by atoms with van der Waals surface area (Å²) in [5, 5.41) is 7.36. The van der Waals surface area contributed by atoms with E-state index in [1.54, 1.807) is 19.1 Å². The summed E-state index contributed by atoms with van der Waals surface area (Å²) >= 11 is 0. The molecule has 7 heteroatoms. The largest absolute Gasteiger partial charge is 0.497 e.